The summed E-state index contributed by atoms with van der Waals surface area (Å²) in [6, 6.07) is 10.6. The van der Waals surface area contributed by atoms with Gasteiger partial charge in [-0.3, -0.25) is 14.6 Å². The number of pyridine rings is 1. The van der Waals surface area contributed by atoms with Crippen molar-refractivity contribution >= 4 is 117 Å². The number of aryl methyl sites for hydroxylation is 4. The van der Waals surface area contributed by atoms with E-state index >= 15 is 0 Å². The summed E-state index contributed by atoms with van der Waals surface area (Å²) in [5.41, 5.74) is 14.1. The highest BCUT2D eigenvalue weighted by Crippen LogP contribution is 2.22. The minimum Gasteiger partial charge on any atom is -0.337 e. The van der Waals surface area contributed by atoms with E-state index in [1.54, 1.807) is 51.8 Å². The first-order valence-electron chi connectivity index (χ1n) is 25.5. The summed E-state index contributed by atoms with van der Waals surface area (Å²) in [4.78, 5) is 46.9. The number of imidazole rings is 1. The Morgan fingerprint density at radius 2 is 0.947 bits per heavy atom. The number of piperidine rings is 1. The predicted molar refractivity (Wildman–Crippen MR) is 342 cm³/mol. The molecule has 0 bridgehead atoms. The van der Waals surface area contributed by atoms with Crippen molar-refractivity contribution in [2.45, 2.75) is 106 Å². The molecule has 1 atom stereocenters. The standard InChI is InChI=1S/C13H16N2S2.C10H15NS2.C9H17NO.C8H14N2S2.C8H15NO.C7H13N3S2/c1-9-4-5-10-11(6-9)15-13(8-17-3)12(14-10)7-16-2;1-8-4-9(6-12-2)11-10(5-8)7-13-3;1-3-9(11)8-4-6-10(2)7-5-8;1-10-6-9-7(4-11-2)8(10)5-12-3;1-3-8(10)7-4-5-9(2)6-7;1-10-8-6(4-11-2)7(9-10)5-12-3/h4-6H,7-8H2,1-3H3;4-5H,6-7H2,1-3H3;8H,3-7H2,1-2H3;6H,4-5H2,1-3H3;7H,3-6H2,1-2H3;4-5H2,1-3H3. The first-order valence-corrected chi connectivity index (χ1v) is 36.6. The average Bonchev–Trinajstić information content (AvgIpc) is 4.09. The maximum absolute atomic E-state index is 11.3. The van der Waals surface area contributed by atoms with Crippen LogP contribution < -0.4 is 0 Å². The molecule has 2 fully saturated rings. The Bertz CT molecular complexity index is 2320. The fraction of sp³-hybridized carbons (Fsp3) is 0.636. The van der Waals surface area contributed by atoms with Gasteiger partial charge in [-0.25, -0.2) is 15.0 Å². The van der Waals surface area contributed by atoms with Gasteiger partial charge in [-0.1, -0.05) is 19.9 Å². The summed E-state index contributed by atoms with van der Waals surface area (Å²) < 4.78 is 2.11. The first-order chi connectivity index (χ1) is 36.0. The zero-order valence-electron chi connectivity index (χ0n) is 48.2. The van der Waals surface area contributed by atoms with E-state index < -0.39 is 0 Å². The minimum absolute atomic E-state index is 0.343. The van der Waals surface area contributed by atoms with Crippen molar-refractivity contribution in [3.63, 3.8) is 0 Å². The molecule has 7 rings (SSSR count). The number of hydrogen-bond donors (Lipinski definition) is 0. The van der Waals surface area contributed by atoms with Gasteiger partial charge in [0, 0.05) is 91.3 Å². The molecule has 0 amide bonds. The van der Waals surface area contributed by atoms with Crippen LogP contribution in [0.25, 0.3) is 11.0 Å². The van der Waals surface area contributed by atoms with Gasteiger partial charge in [-0.15, -0.1) is 0 Å². The monoisotopic (exact) mass is 1180 g/mol. The number of thioether (sulfide) groups is 8. The second-order valence-electron chi connectivity index (χ2n) is 18.5. The average molecular weight is 1180 g/mol. The SMILES string of the molecule is CCC(=O)C1CCN(C)C1.CCC(=O)C1CCN(C)CC1.CSCc1cc(C)cc(CSC)n1.CSCc1nc2ccc(C)cc2nc1CSC.CSCc1ncn(C)c1CSC.CSCc1nn(C)nc1CSC. The molecule has 0 spiro atoms. The Balaban J connectivity index is 0.000000311. The Labute approximate surface area is 487 Å². The van der Waals surface area contributed by atoms with Crippen LogP contribution in [0.3, 0.4) is 0 Å². The van der Waals surface area contributed by atoms with Gasteiger partial charge in [0.25, 0.3) is 0 Å². The van der Waals surface area contributed by atoms with Gasteiger partial charge in [0.15, 0.2) is 0 Å². The third kappa shape index (κ3) is 26.8. The van der Waals surface area contributed by atoms with E-state index in [9.17, 15) is 9.59 Å². The zero-order valence-corrected chi connectivity index (χ0v) is 54.7. The Morgan fingerprint density at radius 3 is 1.41 bits per heavy atom. The number of likely N-dealkylation sites (tertiary alicyclic amines) is 2. The minimum atomic E-state index is 0.343. The third-order valence-corrected chi connectivity index (χ3v) is 16.6. The quantitative estimate of drug-likeness (QED) is 0.0732. The molecule has 1 aromatic carbocycles. The van der Waals surface area contributed by atoms with E-state index in [0.717, 1.165) is 125 Å². The van der Waals surface area contributed by atoms with E-state index in [4.69, 9.17) is 9.97 Å². The molecule has 4 aromatic heterocycles. The summed E-state index contributed by atoms with van der Waals surface area (Å²) in [5, 5.41) is 8.58. The summed E-state index contributed by atoms with van der Waals surface area (Å²) in [6.07, 6.45) is 23.4. The van der Waals surface area contributed by atoms with Crippen LogP contribution in [0.1, 0.15) is 103 Å². The molecule has 0 saturated carbocycles. The lowest BCUT2D eigenvalue weighted by Gasteiger charge is -2.27. The molecule has 5 aromatic rings. The molecule has 12 nitrogen and oxygen atoms in total. The maximum atomic E-state index is 11.3. The number of fused-ring (bicyclic) bond motifs is 1. The number of rotatable bonds is 20. The van der Waals surface area contributed by atoms with Gasteiger partial charge < -0.3 is 14.4 Å². The molecule has 20 heteroatoms. The summed E-state index contributed by atoms with van der Waals surface area (Å²) in [6.45, 7) is 12.4. The molecular weight excluding hydrogens is 1090 g/mol. The van der Waals surface area contributed by atoms with Crippen molar-refractivity contribution in [1.29, 1.82) is 0 Å². The molecule has 6 heterocycles. The van der Waals surface area contributed by atoms with Gasteiger partial charge in [-0.05, 0) is 152 Å². The van der Waals surface area contributed by atoms with Crippen LogP contribution in [0.5, 0.6) is 0 Å². The van der Waals surface area contributed by atoms with Crippen LogP contribution in [-0.2, 0) is 69.7 Å². The van der Waals surface area contributed by atoms with E-state index in [2.05, 4.69) is 150 Å². The number of nitrogens with zero attached hydrogens (tertiary/aromatic N) is 10. The Kier molecular flexibility index (Phi) is 37.2. The van der Waals surface area contributed by atoms with E-state index in [-0.39, 0.29) is 0 Å². The predicted octanol–water partition coefficient (Wildman–Crippen LogP) is 12.7. The van der Waals surface area contributed by atoms with Crippen molar-refractivity contribution in [2.75, 3.05) is 90.3 Å². The summed E-state index contributed by atoms with van der Waals surface area (Å²) in [7, 11) is 8.12. The van der Waals surface area contributed by atoms with Gasteiger partial charge >= 0.3 is 0 Å². The van der Waals surface area contributed by atoms with Crippen LogP contribution in [0.2, 0.25) is 0 Å². The van der Waals surface area contributed by atoms with Gasteiger partial charge in [0.1, 0.15) is 11.6 Å². The smallest absolute Gasteiger partial charge is 0.137 e. The topological polar surface area (TPSA) is 128 Å². The van der Waals surface area contributed by atoms with Crippen LogP contribution >= 0.6 is 94.1 Å². The number of aromatic nitrogens is 8. The number of ketones is 2. The number of carbonyl (C=O) groups is 2. The lowest BCUT2D eigenvalue weighted by molar-refractivity contribution is -0.124. The number of hydrogen-bond acceptors (Lipinski definition) is 18. The fourth-order valence-electron chi connectivity index (χ4n) is 8.18. The molecule has 0 radical (unpaired) electrons. The van der Waals surface area contributed by atoms with Gasteiger partial charge in [-0.2, -0.15) is 109 Å². The molecule has 0 aliphatic carbocycles. The van der Waals surface area contributed by atoms with Crippen molar-refractivity contribution < 1.29 is 9.59 Å². The molecule has 1 unspecified atom stereocenters. The highest BCUT2D eigenvalue weighted by molar-refractivity contribution is 7.99. The third-order valence-electron chi connectivity index (χ3n) is 12.0. The summed E-state index contributed by atoms with van der Waals surface area (Å²) in [5.74, 6) is 9.52. The molecule has 420 valence electrons. The maximum Gasteiger partial charge on any atom is 0.137 e. The van der Waals surface area contributed by atoms with Crippen LogP contribution in [-0.4, -0.2) is 151 Å². The zero-order chi connectivity index (χ0) is 55.7. The summed E-state index contributed by atoms with van der Waals surface area (Å²) >= 11 is 14.5. The second kappa shape index (κ2) is 40.3. The normalized spacial score (nSPS) is 14.5. The second-order valence-corrected chi connectivity index (χ2v) is 25.4. The van der Waals surface area contributed by atoms with E-state index in [1.165, 1.54) is 33.9 Å². The van der Waals surface area contributed by atoms with Crippen molar-refractivity contribution in [2.24, 2.45) is 25.9 Å². The lowest BCUT2D eigenvalue weighted by Crippen LogP contribution is -2.33. The van der Waals surface area contributed by atoms with Gasteiger partial charge in [0.05, 0.1) is 62.9 Å². The number of benzene rings is 1. The number of carbonyl (C=O) groups excluding carboxylic acids is 2. The Hall–Kier alpha value is -1.88. The van der Waals surface area contributed by atoms with E-state index in [1.807, 2.05) is 74.3 Å². The van der Waals surface area contributed by atoms with Crippen molar-refractivity contribution in [1.82, 2.24) is 49.3 Å². The van der Waals surface area contributed by atoms with E-state index in [0.29, 0.717) is 36.2 Å². The van der Waals surface area contributed by atoms with Gasteiger partial charge in [0.2, 0.25) is 0 Å². The lowest BCUT2D eigenvalue weighted by atomic mass is 9.92. The molecule has 0 N–H and O–H groups in total. The first kappa shape index (κ1) is 69.2. The van der Waals surface area contributed by atoms with Crippen molar-refractivity contribution in [3.05, 3.63) is 93.3 Å². The number of Topliss-reactive ketones (excluding diaryl/α,β-unsaturated/α-hetero) is 2. The Morgan fingerprint density at radius 1 is 0.507 bits per heavy atom. The van der Waals surface area contributed by atoms with Crippen LogP contribution in [0.15, 0.2) is 36.7 Å². The molecular formula is C55H90N10O2S8. The van der Waals surface area contributed by atoms with Crippen LogP contribution in [0.4, 0.5) is 0 Å². The highest BCUT2D eigenvalue weighted by Gasteiger charge is 2.24. The molecule has 2 saturated heterocycles. The molecule has 2 aliphatic heterocycles. The van der Waals surface area contributed by atoms with Crippen LogP contribution in [0, 0.1) is 25.7 Å². The fourth-order valence-corrected chi connectivity index (χ4v) is 12.2. The molecule has 75 heavy (non-hydrogen) atoms. The van der Waals surface area contributed by atoms with Crippen molar-refractivity contribution in [3.8, 4) is 0 Å². The largest absolute Gasteiger partial charge is 0.337 e. The highest BCUT2D eigenvalue weighted by atomic mass is 32.2. The molecule has 2 aliphatic rings.